The number of unbranched alkanes of at least 4 members (excludes halogenated alkanes) is 1. The van der Waals surface area contributed by atoms with Gasteiger partial charge in [-0.1, -0.05) is 27.2 Å². The van der Waals surface area contributed by atoms with Crippen molar-refractivity contribution in [1.82, 2.24) is 0 Å². The van der Waals surface area contributed by atoms with Gasteiger partial charge in [0.05, 0.1) is 6.61 Å². The Hall–Kier alpha value is -0.220. The highest BCUT2D eigenvalue weighted by Gasteiger charge is 2.21. The Morgan fingerprint density at radius 3 is 2.53 bits per heavy atom. The van der Waals surface area contributed by atoms with E-state index in [1.807, 2.05) is 13.8 Å². The molecule has 0 bridgehead atoms. The van der Waals surface area contributed by atoms with Gasteiger partial charge in [-0.05, 0) is 12.3 Å². The number of thioether (sulfide) groups is 1. The van der Waals surface area contributed by atoms with Gasteiger partial charge in [0, 0.05) is 12.4 Å². The lowest BCUT2D eigenvalue weighted by Crippen LogP contribution is -2.23. The Kier molecular flexibility index (Phi) is 8.91. The van der Waals surface area contributed by atoms with Gasteiger partial charge < -0.3 is 9.84 Å². The molecule has 0 fully saturated rings. The molecule has 0 aromatic rings. The second-order valence-corrected chi connectivity index (χ2v) is 5.09. The number of hydrogen-bond acceptors (Lipinski definition) is 3. The highest BCUT2D eigenvalue weighted by atomic mass is 32.2. The summed E-state index contributed by atoms with van der Waals surface area (Å²) in [7, 11) is 0. The van der Waals surface area contributed by atoms with Gasteiger partial charge in [0.2, 0.25) is 0 Å². The lowest BCUT2D eigenvalue weighted by atomic mass is 10.1. The van der Waals surface area contributed by atoms with E-state index in [9.17, 15) is 4.79 Å². The summed E-state index contributed by atoms with van der Waals surface area (Å²) < 4.78 is 5.37. The van der Waals surface area contributed by atoms with Crippen molar-refractivity contribution in [3.8, 4) is 0 Å². The monoisotopic (exact) mass is 234 g/mol. The van der Waals surface area contributed by atoms with Gasteiger partial charge in [-0.2, -0.15) is 0 Å². The fraction of sp³-hybridized carbons (Fsp3) is 0.909. The van der Waals surface area contributed by atoms with Gasteiger partial charge in [0.1, 0.15) is 5.25 Å². The molecule has 0 aliphatic rings. The topological polar surface area (TPSA) is 46.5 Å². The minimum atomic E-state index is -0.719. The van der Waals surface area contributed by atoms with E-state index in [0.717, 1.165) is 25.2 Å². The Bertz CT molecular complexity index is 171. The number of rotatable bonds is 9. The smallest absolute Gasteiger partial charge is 0.316 e. The molecule has 0 heterocycles. The van der Waals surface area contributed by atoms with E-state index in [2.05, 4.69) is 6.92 Å². The molecule has 4 heteroatoms. The van der Waals surface area contributed by atoms with Gasteiger partial charge in [-0.15, -0.1) is 11.8 Å². The second kappa shape index (κ2) is 9.04. The van der Waals surface area contributed by atoms with Gasteiger partial charge in [0.15, 0.2) is 0 Å². The van der Waals surface area contributed by atoms with Crippen LogP contribution >= 0.6 is 11.8 Å². The van der Waals surface area contributed by atoms with Gasteiger partial charge in [-0.3, -0.25) is 4.79 Å². The zero-order valence-corrected chi connectivity index (χ0v) is 10.7. The fourth-order valence-electron chi connectivity index (χ4n) is 1.13. The first kappa shape index (κ1) is 14.8. The average Bonchev–Trinajstić information content (AvgIpc) is 2.15. The van der Waals surface area contributed by atoms with Crippen LogP contribution in [-0.2, 0) is 9.53 Å². The van der Waals surface area contributed by atoms with Crippen LogP contribution in [0.3, 0.4) is 0 Å². The maximum atomic E-state index is 10.8. The van der Waals surface area contributed by atoms with E-state index in [1.165, 1.54) is 11.8 Å². The van der Waals surface area contributed by atoms with Crippen LogP contribution in [0.5, 0.6) is 0 Å². The van der Waals surface area contributed by atoms with Crippen LogP contribution < -0.4 is 0 Å². The number of hydrogen-bond donors (Lipinski definition) is 1. The fourth-order valence-corrected chi connectivity index (χ4v) is 2.13. The van der Waals surface area contributed by atoms with Crippen LogP contribution in [0, 0.1) is 5.92 Å². The maximum absolute atomic E-state index is 10.8. The average molecular weight is 234 g/mol. The van der Waals surface area contributed by atoms with Crippen molar-refractivity contribution in [2.24, 2.45) is 5.92 Å². The molecular formula is C11H22O3S. The quantitative estimate of drug-likeness (QED) is 0.623. The Labute approximate surface area is 96.6 Å². The third kappa shape index (κ3) is 7.68. The predicted octanol–water partition coefficient (Wildman–Crippen LogP) is 2.65. The molecule has 1 N–H and O–H groups in total. The summed E-state index contributed by atoms with van der Waals surface area (Å²) in [6, 6.07) is 0. The molecule has 0 spiro atoms. The molecule has 1 atom stereocenters. The largest absolute Gasteiger partial charge is 0.480 e. The molecule has 1 unspecified atom stereocenters. The van der Waals surface area contributed by atoms with Crippen molar-refractivity contribution in [2.75, 3.05) is 19.0 Å². The van der Waals surface area contributed by atoms with Crippen LogP contribution in [0.1, 0.15) is 33.6 Å². The van der Waals surface area contributed by atoms with Crippen molar-refractivity contribution < 1.29 is 14.6 Å². The lowest BCUT2D eigenvalue weighted by molar-refractivity contribution is -0.137. The number of ether oxygens (including phenoxy) is 1. The molecule has 0 aromatic heterocycles. The van der Waals surface area contributed by atoms with Gasteiger partial charge in [-0.25, -0.2) is 0 Å². The summed E-state index contributed by atoms with van der Waals surface area (Å²) in [5.41, 5.74) is 0. The molecule has 15 heavy (non-hydrogen) atoms. The molecule has 90 valence electrons. The minimum absolute atomic E-state index is 0.170. The number of aliphatic carboxylic acids is 1. The zero-order chi connectivity index (χ0) is 11.7. The number of carbonyl (C=O) groups is 1. The Morgan fingerprint density at radius 1 is 1.40 bits per heavy atom. The maximum Gasteiger partial charge on any atom is 0.316 e. The van der Waals surface area contributed by atoms with E-state index < -0.39 is 5.97 Å². The number of carboxylic acids is 1. The molecule has 0 saturated carbocycles. The minimum Gasteiger partial charge on any atom is -0.480 e. The molecule has 0 aliphatic heterocycles. The highest BCUT2D eigenvalue weighted by molar-refractivity contribution is 8.00. The summed E-state index contributed by atoms with van der Waals surface area (Å²) in [6.45, 7) is 7.43. The SMILES string of the molecule is CCCCOCCSC(C(=O)O)C(C)C. The molecule has 0 rings (SSSR count). The summed E-state index contributed by atoms with van der Waals surface area (Å²) in [4.78, 5) is 10.8. The van der Waals surface area contributed by atoms with Crippen molar-refractivity contribution >= 4 is 17.7 Å². The molecule has 3 nitrogen and oxygen atoms in total. The molecule has 0 amide bonds. The van der Waals surface area contributed by atoms with Crippen LogP contribution in [-0.4, -0.2) is 35.3 Å². The summed E-state index contributed by atoms with van der Waals surface area (Å²) in [5, 5.41) is 8.62. The number of carboxylic acid groups (broad SMARTS) is 1. The molecule has 0 aromatic carbocycles. The highest BCUT2D eigenvalue weighted by Crippen LogP contribution is 2.19. The Balaban J connectivity index is 3.50. The standard InChI is InChI=1S/C11H22O3S/c1-4-5-6-14-7-8-15-10(9(2)3)11(12)13/h9-10H,4-8H2,1-3H3,(H,12,13). The van der Waals surface area contributed by atoms with E-state index >= 15 is 0 Å². The van der Waals surface area contributed by atoms with Crippen LogP contribution in [0.15, 0.2) is 0 Å². The second-order valence-electron chi connectivity index (χ2n) is 3.84. The van der Waals surface area contributed by atoms with Crippen molar-refractivity contribution in [1.29, 1.82) is 0 Å². The summed E-state index contributed by atoms with van der Waals surface area (Å²) >= 11 is 1.47. The summed E-state index contributed by atoms with van der Waals surface area (Å²) in [6.07, 6.45) is 2.22. The lowest BCUT2D eigenvalue weighted by Gasteiger charge is -2.15. The molecule has 0 saturated heterocycles. The third-order valence-electron chi connectivity index (χ3n) is 2.02. The summed E-state index contributed by atoms with van der Waals surface area (Å²) in [5.74, 6) is 0.213. The normalized spacial score (nSPS) is 13.1. The van der Waals surface area contributed by atoms with Crippen molar-refractivity contribution in [3.05, 3.63) is 0 Å². The molecular weight excluding hydrogens is 212 g/mol. The predicted molar refractivity (Wildman–Crippen MR) is 64.4 cm³/mol. The molecule has 0 radical (unpaired) electrons. The third-order valence-corrected chi connectivity index (χ3v) is 3.52. The molecule has 0 aliphatic carbocycles. The van der Waals surface area contributed by atoms with Crippen molar-refractivity contribution in [3.63, 3.8) is 0 Å². The van der Waals surface area contributed by atoms with Crippen LogP contribution in [0.25, 0.3) is 0 Å². The first-order chi connectivity index (χ1) is 7.09. The van der Waals surface area contributed by atoms with E-state index in [4.69, 9.17) is 9.84 Å². The van der Waals surface area contributed by atoms with E-state index in [-0.39, 0.29) is 11.2 Å². The van der Waals surface area contributed by atoms with E-state index in [1.54, 1.807) is 0 Å². The van der Waals surface area contributed by atoms with Gasteiger partial charge in [0.25, 0.3) is 0 Å². The van der Waals surface area contributed by atoms with Crippen molar-refractivity contribution in [2.45, 2.75) is 38.9 Å². The Morgan fingerprint density at radius 2 is 2.07 bits per heavy atom. The zero-order valence-electron chi connectivity index (χ0n) is 9.86. The van der Waals surface area contributed by atoms with Gasteiger partial charge >= 0.3 is 5.97 Å². The van der Waals surface area contributed by atoms with Crippen LogP contribution in [0.2, 0.25) is 0 Å². The van der Waals surface area contributed by atoms with Crippen LogP contribution in [0.4, 0.5) is 0 Å². The van der Waals surface area contributed by atoms with E-state index in [0.29, 0.717) is 6.61 Å². The first-order valence-corrected chi connectivity index (χ1v) is 6.56. The first-order valence-electron chi connectivity index (χ1n) is 5.51.